The summed E-state index contributed by atoms with van der Waals surface area (Å²) in [4.78, 5) is 0. The van der Waals surface area contributed by atoms with Crippen LogP contribution >= 0.6 is 0 Å². The fraction of sp³-hybridized carbons (Fsp3) is 0.333. The van der Waals surface area contributed by atoms with Gasteiger partial charge in [0, 0.05) is 0 Å². The van der Waals surface area contributed by atoms with Crippen molar-refractivity contribution >= 4 is 0 Å². The lowest BCUT2D eigenvalue weighted by Gasteiger charge is -2.10. The number of aliphatic hydroxyl groups excluding tert-OH is 1. The third-order valence-electron chi connectivity index (χ3n) is 1.75. The minimum absolute atomic E-state index is 0.560. The zero-order valence-corrected chi connectivity index (χ0v) is 7.65. The minimum Gasteiger partial charge on any atom is -0.493 e. The molecule has 1 atom stereocenters. The van der Waals surface area contributed by atoms with Crippen molar-refractivity contribution in [2.45, 2.75) is 6.23 Å². The Morgan fingerprint density at radius 3 is 2.31 bits per heavy atom. The predicted molar refractivity (Wildman–Crippen MR) is 48.7 cm³/mol. The standard InChI is InChI=1S/C9H13NO3/c1-12-7-4-3-6(9(10)11)5-8(7)13-2/h3-5,9,11H,10H2,1-2H3. The average Bonchev–Trinajstić information content (AvgIpc) is 2.16. The molecule has 4 heteroatoms. The molecule has 13 heavy (non-hydrogen) atoms. The van der Waals surface area contributed by atoms with Gasteiger partial charge in [0.15, 0.2) is 11.5 Å². The van der Waals surface area contributed by atoms with E-state index in [0.29, 0.717) is 17.1 Å². The van der Waals surface area contributed by atoms with E-state index in [-0.39, 0.29) is 0 Å². The molecule has 3 N–H and O–H groups in total. The van der Waals surface area contributed by atoms with Crippen LogP contribution in [0.4, 0.5) is 0 Å². The van der Waals surface area contributed by atoms with E-state index in [1.165, 1.54) is 7.11 Å². The summed E-state index contributed by atoms with van der Waals surface area (Å²) in [6, 6.07) is 5.03. The van der Waals surface area contributed by atoms with Crippen molar-refractivity contribution in [2.24, 2.45) is 5.73 Å². The quantitative estimate of drug-likeness (QED) is 0.675. The van der Waals surface area contributed by atoms with Crippen LogP contribution in [-0.4, -0.2) is 19.3 Å². The van der Waals surface area contributed by atoms with Crippen LogP contribution in [-0.2, 0) is 0 Å². The number of benzene rings is 1. The van der Waals surface area contributed by atoms with E-state index in [4.69, 9.17) is 20.3 Å². The lowest BCUT2D eigenvalue weighted by molar-refractivity contribution is 0.185. The Labute approximate surface area is 76.9 Å². The van der Waals surface area contributed by atoms with Crippen LogP contribution in [0.15, 0.2) is 18.2 Å². The second kappa shape index (κ2) is 4.11. The Kier molecular flexibility index (Phi) is 3.11. The van der Waals surface area contributed by atoms with Gasteiger partial charge in [-0.05, 0) is 17.7 Å². The fourth-order valence-corrected chi connectivity index (χ4v) is 1.04. The molecule has 0 amide bonds. The maximum absolute atomic E-state index is 9.09. The van der Waals surface area contributed by atoms with Crippen LogP contribution in [0.1, 0.15) is 11.8 Å². The minimum atomic E-state index is -0.986. The van der Waals surface area contributed by atoms with Gasteiger partial charge in [-0.2, -0.15) is 0 Å². The Morgan fingerprint density at radius 1 is 1.23 bits per heavy atom. The van der Waals surface area contributed by atoms with E-state index >= 15 is 0 Å². The van der Waals surface area contributed by atoms with Crippen molar-refractivity contribution in [3.63, 3.8) is 0 Å². The molecule has 1 aromatic rings. The molecule has 1 aromatic carbocycles. The first-order chi connectivity index (χ1) is 6.19. The Balaban J connectivity index is 3.05. The molecule has 0 bridgehead atoms. The van der Waals surface area contributed by atoms with Gasteiger partial charge >= 0.3 is 0 Å². The molecule has 0 aliphatic carbocycles. The first kappa shape index (κ1) is 9.83. The molecule has 0 fully saturated rings. The number of methoxy groups -OCH3 is 2. The van der Waals surface area contributed by atoms with Crippen LogP contribution in [0.5, 0.6) is 11.5 Å². The van der Waals surface area contributed by atoms with Gasteiger partial charge in [0.1, 0.15) is 6.23 Å². The highest BCUT2D eigenvalue weighted by atomic mass is 16.5. The molecular weight excluding hydrogens is 170 g/mol. The summed E-state index contributed by atoms with van der Waals surface area (Å²) >= 11 is 0. The summed E-state index contributed by atoms with van der Waals surface area (Å²) in [6.07, 6.45) is -0.986. The van der Waals surface area contributed by atoms with Crippen molar-refractivity contribution in [2.75, 3.05) is 14.2 Å². The Morgan fingerprint density at radius 2 is 1.85 bits per heavy atom. The summed E-state index contributed by atoms with van der Waals surface area (Å²) in [5, 5.41) is 9.09. The molecule has 0 aromatic heterocycles. The van der Waals surface area contributed by atoms with Crippen LogP contribution in [0.25, 0.3) is 0 Å². The highest BCUT2D eigenvalue weighted by Gasteiger charge is 2.07. The highest BCUT2D eigenvalue weighted by molar-refractivity contribution is 5.43. The third kappa shape index (κ3) is 2.11. The normalized spacial score (nSPS) is 12.3. The number of rotatable bonds is 3. The SMILES string of the molecule is COc1ccc(C(N)O)cc1OC. The van der Waals surface area contributed by atoms with Gasteiger partial charge < -0.3 is 20.3 Å². The zero-order chi connectivity index (χ0) is 9.84. The number of hydrogen-bond donors (Lipinski definition) is 2. The second-order valence-electron chi connectivity index (χ2n) is 2.56. The molecule has 0 saturated carbocycles. The number of nitrogens with two attached hydrogens (primary N) is 1. The highest BCUT2D eigenvalue weighted by Crippen LogP contribution is 2.28. The molecular formula is C9H13NO3. The smallest absolute Gasteiger partial charge is 0.161 e. The summed E-state index contributed by atoms with van der Waals surface area (Å²) in [7, 11) is 3.08. The molecule has 0 heterocycles. The van der Waals surface area contributed by atoms with Gasteiger partial charge in [-0.15, -0.1) is 0 Å². The van der Waals surface area contributed by atoms with Crippen molar-refractivity contribution < 1.29 is 14.6 Å². The molecule has 0 aliphatic heterocycles. The molecule has 0 aliphatic rings. The van der Waals surface area contributed by atoms with E-state index in [0.717, 1.165) is 0 Å². The topological polar surface area (TPSA) is 64.7 Å². The van der Waals surface area contributed by atoms with E-state index in [2.05, 4.69) is 0 Å². The first-order valence-corrected chi connectivity index (χ1v) is 3.84. The molecule has 0 spiro atoms. The largest absolute Gasteiger partial charge is 0.493 e. The average molecular weight is 183 g/mol. The summed E-state index contributed by atoms with van der Waals surface area (Å²) < 4.78 is 10.1. The van der Waals surface area contributed by atoms with Gasteiger partial charge in [0.2, 0.25) is 0 Å². The summed E-state index contributed by atoms with van der Waals surface area (Å²) in [5.74, 6) is 1.18. The van der Waals surface area contributed by atoms with E-state index in [1.54, 1.807) is 25.3 Å². The lowest BCUT2D eigenvalue weighted by atomic mass is 10.2. The molecule has 0 saturated heterocycles. The Bertz CT molecular complexity index is 286. The van der Waals surface area contributed by atoms with Crippen molar-refractivity contribution in [1.29, 1.82) is 0 Å². The molecule has 72 valence electrons. The first-order valence-electron chi connectivity index (χ1n) is 3.84. The fourth-order valence-electron chi connectivity index (χ4n) is 1.04. The monoisotopic (exact) mass is 183 g/mol. The third-order valence-corrected chi connectivity index (χ3v) is 1.75. The maximum Gasteiger partial charge on any atom is 0.161 e. The van der Waals surface area contributed by atoms with Crippen LogP contribution in [0.2, 0.25) is 0 Å². The van der Waals surface area contributed by atoms with Crippen LogP contribution in [0.3, 0.4) is 0 Å². The predicted octanol–water partition coefficient (Wildman–Crippen LogP) is 0.653. The Hall–Kier alpha value is -1.26. The van der Waals surface area contributed by atoms with E-state index in [9.17, 15) is 0 Å². The number of aliphatic hydroxyl groups is 1. The van der Waals surface area contributed by atoms with E-state index in [1.807, 2.05) is 0 Å². The van der Waals surface area contributed by atoms with Gasteiger partial charge in [-0.3, -0.25) is 0 Å². The van der Waals surface area contributed by atoms with Gasteiger partial charge in [0.25, 0.3) is 0 Å². The molecule has 1 rings (SSSR count). The zero-order valence-electron chi connectivity index (χ0n) is 7.65. The second-order valence-corrected chi connectivity index (χ2v) is 2.56. The van der Waals surface area contributed by atoms with Crippen molar-refractivity contribution in [3.05, 3.63) is 23.8 Å². The van der Waals surface area contributed by atoms with Gasteiger partial charge in [-0.25, -0.2) is 0 Å². The van der Waals surface area contributed by atoms with Gasteiger partial charge in [-0.1, -0.05) is 6.07 Å². The molecule has 4 nitrogen and oxygen atoms in total. The van der Waals surface area contributed by atoms with E-state index < -0.39 is 6.23 Å². The van der Waals surface area contributed by atoms with Crippen molar-refractivity contribution in [1.82, 2.24) is 0 Å². The number of hydrogen-bond acceptors (Lipinski definition) is 4. The summed E-state index contributed by atoms with van der Waals surface area (Å²) in [5.41, 5.74) is 5.88. The van der Waals surface area contributed by atoms with Gasteiger partial charge in [0.05, 0.1) is 14.2 Å². The maximum atomic E-state index is 9.09. The number of ether oxygens (including phenoxy) is 2. The summed E-state index contributed by atoms with van der Waals surface area (Å²) in [6.45, 7) is 0. The van der Waals surface area contributed by atoms with Crippen LogP contribution < -0.4 is 15.2 Å². The van der Waals surface area contributed by atoms with Crippen molar-refractivity contribution in [3.8, 4) is 11.5 Å². The molecule has 0 radical (unpaired) electrons. The van der Waals surface area contributed by atoms with Crippen LogP contribution in [0, 0.1) is 0 Å². The lowest BCUT2D eigenvalue weighted by Crippen LogP contribution is -2.08. The molecule has 1 unspecified atom stereocenters.